The van der Waals surface area contributed by atoms with Crippen molar-refractivity contribution in [1.82, 2.24) is 10.2 Å². The molecule has 0 aromatic carbocycles. The normalized spacial score (nSPS) is 18.2. The number of carbonyl (C=O) groups excluding carboxylic acids is 2. The number of rotatable bonds is 6. The Morgan fingerprint density at radius 1 is 1.42 bits per heavy atom. The molecule has 1 aliphatic heterocycles. The Hall–Kier alpha value is -1.79. The van der Waals surface area contributed by atoms with Gasteiger partial charge in [0.15, 0.2) is 0 Å². The van der Waals surface area contributed by atoms with Gasteiger partial charge in [0, 0.05) is 25.6 Å². The summed E-state index contributed by atoms with van der Waals surface area (Å²) >= 11 is 0. The van der Waals surface area contributed by atoms with Gasteiger partial charge in [0.25, 0.3) is 0 Å². The van der Waals surface area contributed by atoms with Crippen LogP contribution in [0, 0.1) is 0 Å². The van der Waals surface area contributed by atoms with Crippen LogP contribution in [0.15, 0.2) is 0 Å². The van der Waals surface area contributed by atoms with Crippen LogP contribution in [-0.4, -0.2) is 54.2 Å². The molecule has 1 saturated heterocycles. The molecule has 1 heterocycles. The molecular weight excluding hydrogens is 252 g/mol. The van der Waals surface area contributed by atoms with E-state index in [1.54, 1.807) is 4.90 Å². The molecule has 0 bridgehead atoms. The Kier molecular flexibility index (Phi) is 6.11. The van der Waals surface area contributed by atoms with E-state index in [-0.39, 0.29) is 30.9 Å². The predicted molar refractivity (Wildman–Crippen MR) is 66.6 cm³/mol. The number of urea groups is 1. The summed E-state index contributed by atoms with van der Waals surface area (Å²) in [5.74, 6) is -1.20. The van der Waals surface area contributed by atoms with Gasteiger partial charge in [-0.2, -0.15) is 0 Å². The molecule has 7 heteroatoms. The zero-order valence-electron chi connectivity index (χ0n) is 11.1. The minimum absolute atomic E-state index is 0.0336. The molecule has 1 fully saturated rings. The highest BCUT2D eigenvalue weighted by Gasteiger charge is 2.30. The summed E-state index contributed by atoms with van der Waals surface area (Å²) in [6, 6.07) is -0.358. The van der Waals surface area contributed by atoms with Crippen molar-refractivity contribution >= 4 is 18.0 Å². The van der Waals surface area contributed by atoms with Crippen LogP contribution in [0.4, 0.5) is 4.79 Å². The Labute approximate surface area is 111 Å². The second kappa shape index (κ2) is 7.60. The number of hydrogen-bond donors (Lipinski definition) is 2. The topological polar surface area (TPSA) is 95.9 Å². The van der Waals surface area contributed by atoms with Gasteiger partial charge in [-0.15, -0.1) is 0 Å². The van der Waals surface area contributed by atoms with E-state index in [1.165, 1.54) is 7.11 Å². The maximum absolute atomic E-state index is 11.9. The highest BCUT2D eigenvalue weighted by atomic mass is 16.5. The summed E-state index contributed by atoms with van der Waals surface area (Å²) in [7, 11) is 1.33. The van der Waals surface area contributed by atoms with Gasteiger partial charge in [0.2, 0.25) is 0 Å². The van der Waals surface area contributed by atoms with E-state index < -0.39 is 5.97 Å². The standard InChI is InChI=1S/C12H20N2O5/c1-19-11(17)8-9-4-3-7-14(9)12(18)13-6-2-5-10(15)16/h9H,2-8H2,1H3,(H,13,18)(H,15,16). The van der Waals surface area contributed by atoms with Crippen LogP contribution in [0.1, 0.15) is 32.1 Å². The molecule has 0 spiro atoms. The first-order valence-electron chi connectivity index (χ1n) is 6.37. The van der Waals surface area contributed by atoms with Gasteiger partial charge in [-0.05, 0) is 19.3 Å². The maximum Gasteiger partial charge on any atom is 0.317 e. The van der Waals surface area contributed by atoms with Gasteiger partial charge in [-0.3, -0.25) is 9.59 Å². The van der Waals surface area contributed by atoms with Gasteiger partial charge in [0.05, 0.1) is 13.5 Å². The summed E-state index contributed by atoms with van der Waals surface area (Å²) < 4.78 is 4.60. The highest BCUT2D eigenvalue weighted by Crippen LogP contribution is 2.20. The van der Waals surface area contributed by atoms with E-state index >= 15 is 0 Å². The van der Waals surface area contributed by atoms with E-state index in [1.807, 2.05) is 0 Å². The number of carboxylic acid groups (broad SMARTS) is 1. The molecule has 0 aromatic rings. The summed E-state index contributed by atoms with van der Waals surface area (Å²) in [6.45, 7) is 0.943. The maximum atomic E-state index is 11.9. The lowest BCUT2D eigenvalue weighted by molar-refractivity contribution is -0.141. The molecule has 7 nitrogen and oxygen atoms in total. The Balaban J connectivity index is 2.33. The van der Waals surface area contributed by atoms with Crippen LogP contribution in [0.5, 0.6) is 0 Å². The van der Waals surface area contributed by atoms with E-state index in [9.17, 15) is 14.4 Å². The largest absolute Gasteiger partial charge is 0.481 e. The molecule has 1 rings (SSSR count). The molecule has 2 amide bonds. The zero-order chi connectivity index (χ0) is 14.3. The molecular formula is C12H20N2O5. The fourth-order valence-electron chi connectivity index (χ4n) is 2.13. The Morgan fingerprint density at radius 2 is 2.16 bits per heavy atom. The average Bonchev–Trinajstić information content (AvgIpc) is 2.82. The lowest BCUT2D eigenvalue weighted by Gasteiger charge is -2.24. The molecule has 0 aromatic heterocycles. The predicted octanol–water partition coefficient (Wildman–Crippen LogP) is 0.588. The number of amides is 2. The van der Waals surface area contributed by atoms with Crippen molar-refractivity contribution < 1.29 is 24.2 Å². The minimum Gasteiger partial charge on any atom is -0.481 e. The second-order valence-electron chi connectivity index (χ2n) is 4.50. The fraction of sp³-hybridized carbons (Fsp3) is 0.750. The van der Waals surface area contributed by atoms with Gasteiger partial charge >= 0.3 is 18.0 Å². The average molecular weight is 272 g/mol. The molecule has 0 saturated carbocycles. The highest BCUT2D eigenvalue weighted by molar-refractivity contribution is 5.76. The summed E-state index contributed by atoms with van der Waals surface area (Å²) in [6.07, 6.45) is 2.29. The molecule has 19 heavy (non-hydrogen) atoms. The quantitative estimate of drug-likeness (QED) is 0.545. The van der Waals surface area contributed by atoms with Crippen LogP contribution < -0.4 is 5.32 Å². The molecule has 1 unspecified atom stereocenters. The fourth-order valence-corrected chi connectivity index (χ4v) is 2.13. The number of aliphatic carboxylic acids is 1. The second-order valence-corrected chi connectivity index (χ2v) is 4.50. The van der Waals surface area contributed by atoms with Gasteiger partial charge in [-0.25, -0.2) is 4.79 Å². The molecule has 0 radical (unpaired) electrons. The Morgan fingerprint density at radius 3 is 2.79 bits per heavy atom. The van der Waals surface area contributed by atoms with Crippen molar-refractivity contribution in [2.75, 3.05) is 20.2 Å². The number of esters is 1. The third kappa shape index (κ3) is 5.15. The number of nitrogens with one attached hydrogen (secondary N) is 1. The summed E-state index contributed by atoms with van der Waals surface area (Å²) in [5, 5.41) is 11.2. The van der Waals surface area contributed by atoms with E-state index in [0.717, 1.165) is 12.8 Å². The van der Waals surface area contributed by atoms with Gasteiger partial charge < -0.3 is 20.1 Å². The lowest BCUT2D eigenvalue weighted by atomic mass is 10.1. The molecule has 0 aliphatic carbocycles. The number of carboxylic acids is 1. The van der Waals surface area contributed by atoms with Crippen molar-refractivity contribution in [2.45, 2.75) is 38.1 Å². The third-order valence-electron chi connectivity index (χ3n) is 3.11. The van der Waals surface area contributed by atoms with Crippen molar-refractivity contribution in [1.29, 1.82) is 0 Å². The lowest BCUT2D eigenvalue weighted by Crippen LogP contribution is -2.44. The van der Waals surface area contributed by atoms with Crippen LogP contribution >= 0.6 is 0 Å². The van der Waals surface area contributed by atoms with Crippen LogP contribution in [-0.2, 0) is 14.3 Å². The molecule has 108 valence electrons. The Bertz CT molecular complexity index is 345. The number of likely N-dealkylation sites (tertiary alicyclic amines) is 1. The first-order valence-corrected chi connectivity index (χ1v) is 6.37. The van der Waals surface area contributed by atoms with Crippen molar-refractivity contribution in [3.05, 3.63) is 0 Å². The van der Waals surface area contributed by atoms with Crippen molar-refractivity contribution in [3.8, 4) is 0 Å². The smallest absolute Gasteiger partial charge is 0.317 e. The first kappa shape index (κ1) is 15.3. The van der Waals surface area contributed by atoms with Gasteiger partial charge in [-0.1, -0.05) is 0 Å². The van der Waals surface area contributed by atoms with Crippen LogP contribution in [0.3, 0.4) is 0 Å². The minimum atomic E-state index is -0.876. The molecule has 2 N–H and O–H groups in total. The number of nitrogens with zero attached hydrogens (tertiary/aromatic N) is 1. The third-order valence-corrected chi connectivity index (χ3v) is 3.11. The number of ether oxygens (including phenoxy) is 1. The number of methoxy groups -OCH3 is 1. The summed E-state index contributed by atoms with van der Waals surface area (Å²) in [4.78, 5) is 35.1. The van der Waals surface area contributed by atoms with Crippen molar-refractivity contribution in [2.24, 2.45) is 0 Å². The molecule has 1 aliphatic rings. The van der Waals surface area contributed by atoms with E-state index in [0.29, 0.717) is 19.5 Å². The van der Waals surface area contributed by atoms with Crippen LogP contribution in [0.25, 0.3) is 0 Å². The number of hydrogen-bond acceptors (Lipinski definition) is 4. The SMILES string of the molecule is COC(=O)CC1CCCN1C(=O)NCCCC(=O)O. The first-order chi connectivity index (χ1) is 9.04. The summed E-state index contributed by atoms with van der Waals surface area (Å²) in [5.41, 5.74) is 0. The zero-order valence-corrected chi connectivity index (χ0v) is 11.1. The molecule has 1 atom stereocenters. The monoisotopic (exact) mass is 272 g/mol. The number of carbonyl (C=O) groups is 3. The van der Waals surface area contributed by atoms with Crippen molar-refractivity contribution in [3.63, 3.8) is 0 Å². The van der Waals surface area contributed by atoms with E-state index in [2.05, 4.69) is 10.1 Å². The van der Waals surface area contributed by atoms with Gasteiger partial charge in [0.1, 0.15) is 0 Å². The van der Waals surface area contributed by atoms with E-state index in [4.69, 9.17) is 5.11 Å². The van der Waals surface area contributed by atoms with Crippen LogP contribution in [0.2, 0.25) is 0 Å².